The summed E-state index contributed by atoms with van der Waals surface area (Å²) in [6.45, 7) is 2.04. The van der Waals surface area contributed by atoms with Gasteiger partial charge in [0.2, 0.25) is 0 Å². The molecule has 0 radical (unpaired) electrons. The number of piperidine rings is 1. The third kappa shape index (κ3) is 3.96. The number of nitrogens with zero attached hydrogens (tertiary/aromatic N) is 4. The van der Waals surface area contributed by atoms with Crippen molar-refractivity contribution in [1.82, 2.24) is 14.5 Å². The van der Waals surface area contributed by atoms with Crippen LogP contribution < -0.4 is 4.90 Å². The van der Waals surface area contributed by atoms with E-state index in [1.807, 2.05) is 6.07 Å². The fourth-order valence-electron chi connectivity index (χ4n) is 5.20. The van der Waals surface area contributed by atoms with Gasteiger partial charge in [0, 0.05) is 30.5 Å². The van der Waals surface area contributed by atoms with Crippen LogP contribution in [-0.2, 0) is 6.42 Å². The van der Waals surface area contributed by atoms with Gasteiger partial charge in [0.05, 0.1) is 5.39 Å². The molecule has 168 valence electrons. The molecule has 0 bridgehead atoms. The highest BCUT2D eigenvalue weighted by atomic mass is 15.2. The van der Waals surface area contributed by atoms with E-state index in [-0.39, 0.29) is 0 Å². The number of anilines is 1. The van der Waals surface area contributed by atoms with Crippen LogP contribution in [0.25, 0.3) is 27.8 Å². The molecule has 3 heterocycles. The van der Waals surface area contributed by atoms with Crippen molar-refractivity contribution in [2.24, 2.45) is 5.92 Å². The molecule has 0 aliphatic carbocycles. The number of fused-ring (bicyclic) bond motifs is 1. The summed E-state index contributed by atoms with van der Waals surface area (Å²) in [5.74, 6) is 1.77. The van der Waals surface area contributed by atoms with Crippen LogP contribution in [0, 0.1) is 5.92 Å². The molecular formula is C30H28N4. The molecule has 3 aromatic carbocycles. The molecule has 34 heavy (non-hydrogen) atoms. The van der Waals surface area contributed by atoms with E-state index in [0.29, 0.717) is 0 Å². The van der Waals surface area contributed by atoms with Crippen LogP contribution in [0.5, 0.6) is 0 Å². The Balaban J connectivity index is 1.37. The van der Waals surface area contributed by atoms with Crippen LogP contribution in [0.2, 0.25) is 0 Å². The summed E-state index contributed by atoms with van der Waals surface area (Å²) in [7, 11) is 0. The number of hydrogen-bond acceptors (Lipinski definition) is 3. The van der Waals surface area contributed by atoms with Gasteiger partial charge >= 0.3 is 0 Å². The number of para-hydroxylation sites is 1. The van der Waals surface area contributed by atoms with E-state index in [4.69, 9.17) is 9.97 Å². The number of aromatic nitrogens is 3. The van der Waals surface area contributed by atoms with Gasteiger partial charge < -0.3 is 9.47 Å². The van der Waals surface area contributed by atoms with Crippen LogP contribution in [0.15, 0.2) is 104 Å². The third-order valence-electron chi connectivity index (χ3n) is 6.96. The van der Waals surface area contributed by atoms with Crippen LogP contribution >= 0.6 is 0 Å². The van der Waals surface area contributed by atoms with Gasteiger partial charge in [0.1, 0.15) is 12.1 Å². The van der Waals surface area contributed by atoms with Gasteiger partial charge in [-0.1, -0.05) is 78.9 Å². The molecule has 0 saturated carbocycles. The zero-order chi connectivity index (χ0) is 22.7. The molecule has 6 rings (SSSR count). The molecule has 0 unspecified atom stereocenters. The first-order chi connectivity index (χ1) is 16.9. The summed E-state index contributed by atoms with van der Waals surface area (Å²) < 4.78 is 2.20. The van der Waals surface area contributed by atoms with E-state index < -0.39 is 0 Å². The van der Waals surface area contributed by atoms with E-state index in [2.05, 4.69) is 101 Å². The van der Waals surface area contributed by atoms with Crippen molar-refractivity contribution in [3.63, 3.8) is 0 Å². The maximum Gasteiger partial charge on any atom is 0.150 e. The molecular weight excluding hydrogens is 416 g/mol. The third-order valence-corrected chi connectivity index (χ3v) is 6.96. The van der Waals surface area contributed by atoms with Crippen LogP contribution in [0.1, 0.15) is 18.4 Å². The highest BCUT2D eigenvalue weighted by Crippen LogP contribution is 2.38. The summed E-state index contributed by atoms with van der Waals surface area (Å²) in [5, 5.41) is 1.14. The van der Waals surface area contributed by atoms with Crippen molar-refractivity contribution >= 4 is 16.9 Å². The summed E-state index contributed by atoms with van der Waals surface area (Å²) in [6.07, 6.45) is 7.46. The minimum Gasteiger partial charge on any atom is -0.356 e. The molecule has 1 aliphatic heterocycles. The Bertz CT molecular complexity index is 1370. The normalized spacial score (nSPS) is 14.5. The van der Waals surface area contributed by atoms with E-state index in [0.717, 1.165) is 48.0 Å². The Hall–Kier alpha value is -3.92. The Labute approximate surface area is 200 Å². The second kappa shape index (κ2) is 9.14. The average molecular weight is 445 g/mol. The predicted octanol–water partition coefficient (Wildman–Crippen LogP) is 6.55. The maximum absolute atomic E-state index is 4.83. The van der Waals surface area contributed by atoms with E-state index >= 15 is 0 Å². The molecule has 1 saturated heterocycles. The van der Waals surface area contributed by atoms with Crippen molar-refractivity contribution < 1.29 is 0 Å². The molecule has 0 amide bonds. The molecule has 0 spiro atoms. The van der Waals surface area contributed by atoms with Gasteiger partial charge in [-0.2, -0.15) is 0 Å². The molecule has 2 aromatic heterocycles. The summed E-state index contributed by atoms with van der Waals surface area (Å²) in [4.78, 5) is 12.1. The van der Waals surface area contributed by atoms with Gasteiger partial charge in [0.15, 0.2) is 5.65 Å². The first kappa shape index (κ1) is 20.7. The molecule has 0 atom stereocenters. The Kier molecular flexibility index (Phi) is 5.56. The topological polar surface area (TPSA) is 34.0 Å². The van der Waals surface area contributed by atoms with E-state index in [1.165, 1.54) is 29.5 Å². The smallest absolute Gasteiger partial charge is 0.150 e. The van der Waals surface area contributed by atoms with E-state index in [1.54, 1.807) is 6.33 Å². The average Bonchev–Trinajstić information content (AvgIpc) is 3.31. The van der Waals surface area contributed by atoms with Crippen molar-refractivity contribution in [1.29, 1.82) is 0 Å². The highest BCUT2D eigenvalue weighted by Gasteiger charge is 2.25. The van der Waals surface area contributed by atoms with Crippen molar-refractivity contribution in [2.45, 2.75) is 19.3 Å². The summed E-state index contributed by atoms with van der Waals surface area (Å²) in [6, 6.07) is 31.9. The predicted molar refractivity (Wildman–Crippen MR) is 139 cm³/mol. The first-order valence-electron chi connectivity index (χ1n) is 12.1. The molecule has 1 aliphatic rings. The zero-order valence-electron chi connectivity index (χ0n) is 19.2. The number of hydrogen-bond donors (Lipinski definition) is 0. The lowest BCUT2D eigenvalue weighted by molar-refractivity contribution is 0.402. The molecule has 0 N–H and O–H groups in total. The second-order valence-corrected chi connectivity index (χ2v) is 9.13. The van der Waals surface area contributed by atoms with Crippen LogP contribution in [0.4, 0.5) is 5.82 Å². The lowest BCUT2D eigenvalue weighted by Crippen LogP contribution is -2.35. The Morgan fingerprint density at radius 2 is 1.38 bits per heavy atom. The fourth-order valence-corrected chi connectivity index (χ4v) is 5.20. The van der Waals surface area contributed by atoms with E-state index in [9.17, 15) is 0 Å². The molecule has 4 nitrogen and oxygen atoms in total. The number of rotatable bonds is 5. The SMILES string of the molecule is c1ccc(CC2CCN(c3ncnc4c3c(-c3ccccc3)cn4-c3ccccc3)CC2)cc1. The highest BCUT2D eigenvalue weighted by molar-refractivity contribution is 6.02. The standard InChI is InChI=1S/C30H28N4/c1-4-10-23(11-5-1)20-24-16-18-33(19-17-24)29-28-27(25-12-6-2-7-13-25)21-34(30(28)32-22-31-29)26-14-8-3-9-15-26/h1-15,21-22,24H,16-20H2. The lowest BCUT2D eigenvalue weighted by Gasteiger charge is -2.33. The van der Waals surface area contributed by atoms with Crippen LogP contribution in [0.3, 0.4) is 0 Å². The van der Waals surface area contributed by atoms with Gasteiger partial charge in [0.25, 0.3) is 0 Å². The van der Waals surface area contributed by atoms with Crippen molar-refractivity contribution in [3.8, 4) is 16.8 Å². The quantitative estimate of drug-likeness (QED) is 0.308. The van der Waals surface area contributed by atoms with Crippen molar-refractivity contribution in [2.75, 3.05) is 18.0 Å². The molecule has 5 aromatic rings. The first-order valence-corrected chi connectivity index (χ1v) is 12.1. The van der Waals surface area contributed by atoms with Crippen LogP contribution in [-0.4, -0.2) is 27.6 Å². The number of benzene rings is 3. The lowest BCUT2D eigenvalue weighted by atomic mass is 9.90. The largest absolute Gasteiger partial charge is 0.356 e. The maximum atomic E-state index is 4.83. The van der Waals surface area contributed by atoms with Gasteiger partial charge in [-0.25, -0.2) is 9.97 Å². The van der Waals surface area contributed by atoms with Crippen molar-refractivity contribution in [3.05, 3.63) is 109 Å². The van der Waals surface area contributed by atoms with Gasteiger partial charge in [-0.15, -0.1) is 0 Å². The monoisotopic (exact) mass is 444 g/mol. The fraction of sp³-hybridized carbons (Fsp3) is 0.200. The van der Waals surface area contributed by atoms with Gasteiger partial charge in [-0.05, 0) is 48.4 Å². The van der Waals surface area contributed by atoms with Gasteiger partial charge in [-0.3, -0.25) is 0 Å². The molecule has 4 heteroatoms. The zero-order valence-corrected chi connectivity index (χ0v) is 19.2. The summed E-state index contributed by atoms with van der Waals surface area (Å²) in [5.41, 5.74) is 5.89. The second-order valence-electron chi connectivity index (χ2n) is 9.13. The Morgan fingerprint density at radius 1 is 0.735 bits per heavy atom. The molecule has 1 fully saturated rings. The summed E-state index contributed by atoms with van der Waals surface area (Å²) >= 11 is 0. The Morgan fingerprint density at radius 3 is 2.09 bits per heavy atom. The minimum absolute atomic E-state index is 0.721. The minimum atomic E-state index is 0.721.